The summed E-state index contributed by atoms with van der Waals surface area (Å²) in [6.45, 7) is 1.37. The van der Waals surface area contributed by atoms with Crippen molar-refractivity contribution in [2.75, 3.05) is 19.6 Å². The van der Waals surface area contributed by atoms with Crippen LogP contribution in [0, 0.1) is 11.7 Å². The highest BCUT2D eigenvalue weighted by atomic mass is 35.5. The maximum absolute atomic E-state index is 13.0. The van der Waals surface area contributed by atoms with Gasteiger partial charge in [0.1, 0.15) is 5.82 Å². The summed E-state index contributed by atoms with van der Waals surface area (Å²) in [7, 11) is -3.57. The van der Waals surface area contributed by atoms with Crippen molar-refractivity contribution in [2.45, 2.75) is 11.3 Å². The number of hydrogen-bond donors (Lipinski definition) is 1. The second-order valence-electron chi connectivity index (χ2n) is 4.21. The van der Waals surface area contributed by atoms with Gasteiger partial charge in [0, 0.05) is 13.1 Å². The molecule has 0 amide bonds. The molecule has 0 radical (unpaired) electrons. The van der Waals surface area contributed by atoms with Crippen LogP contribution >= 0.6 is 12.4 Å². The van der Waals surface area contributed by atoms with Gasteiger partial charge >= 0.3 is 0 Å². The normalized spacial score (nSPS) is 20.7. The number of hydrogen-bond acceptors (Lipinski definition) is 3. The molecule has 1 heterocycles. The lowest BCUT2D eigenvalue weighted by Gasteiger charge is -2.16. The van der Waals surface area contributed by atoms with Crippen molar-refractivity contribution < 1.29 is 12.8 Å². The average Bonchev–Trinajstić information content (AvgIpc) is 2.78. The molecule has 2 N–H and O–H groups in total. The second kappa shape index (κ2) is 5.97. The Balaban J connectivity index is 0.00000162. The standard InChI is InChI=1S/C11H15FN2O2S.ClH/c12-10-2-1-3-11(6-10)17(15,16)14-5-4-9(7-13)8-14;/h1-3,6,9H,4-5,7-8,13H2;1H. The van der Waals surface area contributed by atoms with Crippen LogP contribution in [0.4, 0.5) is 4.39 Å². The molecule has 1 aromatic rings. The van der Waals surface area contributed by atoms with E-state index in [0.29, 0.717) is 19.6 Å². The van der Waals surface area contributed by atoms with Crippen LogP contribution in [0.1, 0.15) is 6.42 Å². The predicted octanol–water partition coefficient (Wildman–Crippen LogP) is 1.22. The highest BCUT2D eigenvalue weighted by Gasteiger charge is 2.31. The van der Waals surface area contributed by atoms with Crippen molar-refractivity contribution in [3.05, 3.63) is 30.1 Å². The molecule has 1 aromatic carbocycles. The van der Waals surface area contributed by atoms with Gasteiger partial charge in [-0.05, 0) is 37.1 Å². The fourth-order valence-corrected chi connectivity index (χ4v) is 3.55. The van der Waals surface area contributed by atoms with Crippen molar-refractivity contribution in [1.29, 1.82) is 0 Å². The van der Waals surface area contributed by atoms with E-state index in [1.165, 1.54) is 22.5 Å². The Kier molecular flexibility index (Phi) is 5.10. The number of benzene rings is 1. The fourth-order valence-electron chi connectivity index (χ4n) is 1.98. The topological polar surface area (TPSA) is 63.4 Å². The van der Waals surface area contributed by atoms with Gasteiger partial charge in [0.25, 0.3) is 0 Å². The summed E-state index contributed by atoms with van der Waals surface area (Å²) in [6, 6.07) is 5.09. The third kappa shape index (κ3) is 3.00. The molecule has 102 valence electrons. The van der Waals surface area contributed by atoms with E-state index in [1.54, 1.807) is 0 Å². The van der Waals surface area contributed by atoms with Crippen LogP contribution in [-0.2, 0) is 10.0 Å². The van der Waals surface area contributed by atoms with Crippen molar-refractivity contribution >= 4 is 22.4 Å². The predicted molar refractivity (Wildman–Crippen MR) is 69.6 cm³/mol. The van der Waals surface area contributed by atoms with E-state index in [1.807, 2.05) is 0 Å². The van der Waals surface area contributed by atoms with Crippen molar-refractivity contribution in [1.82, 2.24) is 4.31 Å². The lowest BCUT2D eigenvalue weighted by atomic mass is 10.1. The fraction of sp³-hybridized carbons (Fsp3) is 0.455. The number of rotatable bonds is 3. The van der Waals surface area contributed by atoms with Gasteiger partial charge in [-0.3, -0.25) is 0 Å². The highest BCUT2D eigenvalue weighted by Crippen LogP contribution is 2.23. The van der Waals surface area contributed by atoms with Gasteiger partial charge in [-0.2, -0.15) is 4.31 Å². The third-order valence-electron chi connectivity index (χ3n) is 3.02. The first-order chi connectivity index (χ1) is 8.04. The summed E-state index contributed by atoms with van der Waals surface area (Å²) in [4.78, 5) is 0.00942. The van der Waals surface area contributed by atoms with Crippen LogP contribution in [-0.4, -0.2) is 32.4 Å². The minimum atomic E-state index is -3.57. The highest BCUT2D eigenvalue weighted by molar-refractivity contribution is 7.89. The third-order valence-corrected chi connectivity index (χ3v) is 4.88. The lowest BCUT2D eigenvalue weighted by Crippen LogP contribution is -2.30. The molecular formula is C11H16ClFN2O2S. The van der Waals surface area contributed by atoms with E-state index in [2.05, 4.69) is 0 Å². The van der Waals surface area contributed by atoms with Crippen molar-refractivity contribution in [3.8, 4) is 0 Å². The molecule has 2 rings (SSSR count). The molecule has 4 nitrogen and oxygen atoms in total. The van der Waals surface area contributed by atoms with Gasteiger partial charge in [0.05, 0.1) is 4.90 Å². The first-order valence-electron chi connectivity index (χ1n) is 5.50. The molecule has 1 atom stereocenters. The molecule has 0 bridgehead atoms. The quantitative estimate of drug-likeness (QED) is 0.911. The molecule has 0 aliphatic carbocycles. The minimum Gasteiger partial charge on any atom is -0.330 e. The van der Waals surface area contributed by atoms with E-state index >= 15 is 0 Å². The lowest BCUT2D eigenvalue weighted by molar-refractivity contribution is 0.458. The summed E-state index contributed by atoms with van der Waals surface area (Å²) >= 11 is 0. The van der Waals surface area contributed by atoms with Crippen LogP contribution in [0.25, 0.3) is 0 Å². The smallest absolute Gasteiger partial charge is 0.243 e. The van der Waals surface area contributed by atoms with Gasteiger partial charge in [-0.15, -0.1) is 12.4 Å². The number of halogens is 2. The number of nitrogens with two attached hydrogens (primary N) is 1. The monoisotopic (exact) mass is 294 g/mol. The SMILES string of the molecule is Cl.NCC1CCN(S(=O)(=O)c2cccc(F)c2)C1. The summed E-state index contributed by atoms with van der Waals surface area (Å²) in [5.74, 6) is -0.334. The largest absolute Gasteiger partial charge is 0.330 e. The Hall–Kier alpha value is -0.690. The molecular weight excluding hydrogens is 279 g/mol. The molecule has 7 heteroatoms. The van der Waals surface area contributed by atoms with Gasteiger partial charge in [0.2, 0.25) is 10.0 Å². The van der Waals surface area contributed by atoms with Crippen molar-refractivity contribution in [2.24, 2.45) is 11.7 Å². The molecule has 1 saturated heterocycles. The molecule has 1 aliphatic rings. The Morgan fingerprint density at radius 3 is 2.72 bits per heavy atom. The number of nitrogens with zero attached hydrogens (tertiary/aromatic N) is 1. The average molecular weight is 295 g/mol. The van der Waals surface area contributed by atoms with Crippen LogP contribution in [0.3, 0.4) is 0 Å². The Morgan fingerprint density at radius 1 is 1.44 bits per heavy atom. The summed E-state index contributed by atoms with van der Waals surface area (Å²) in [5, 5.41) is 0. The van der Waals surface area contributed by atoms with E-state index in [0.717, 1.165) is 12.5 Å². The molecule has 0 spiro atoms. The zero-order chi connectivity index (χ0) is 12.5. The van der Waals surface area contributed by atoms with Gasteiger partial charge in [0.15, 0.2) is 0 Å². The number of sulfonamides is 1. The Labute approximate surface area is 112 Å². The summed E-state index contributed by atoms with van der Waals surface area (Å²) < 4.78 is 38.7. The van der Waals surface area contributed by atoms with Crippen LogP contribution in [0.5, 0.6) is 0 Å². The van der Waals surface area contributed by atoms with E-state index in [4.69, 9.17) is 5.73 Å². The van der Waals surface area contributed by atoms with Crippen LogP contribution in [0.2, 0.25) is 0 Å². The molecule has 1 aliphatic heterocycles. The maximum Gasteiger partial charge on any atom is 0.243 e. The molecule has 1 fully saturated rings. The zero-order valence-corrected chi connectivity index (χ0v) is 11.4. The summed E-state index contributed by atoms with van der Waals surface area (Å²) in [6.07, 6.45) is 0.769. The van der Waals surface area contributed by atoms with Crippen LogP contribution < -0.4 is 5.73 Å². The first kappa shape index (κ1) is 15.4. The second-order valence-corrected chi connectivity index (χ2v) is 6.15. The van der Waals surface area contributed by atoms with Gasteiger partial charge < -0.3 is 5.73 Å². The molecule has 0 saturated carbocycles. The Morgan fingerprint density at radius 2 is 2.17 bits per heavy atom. The van der Waals surface area contributed by atoms with E-state index in [9.17, 15) is 12.8 Å². The maximum atomic E-state index is 13.0. The van der Waals surface area contributed by atoms with E-state index in [-0.39, 0.29) is 23.2 Å². The minimum absolute atomic E-state index is 0. The van der Waals surface area contributed by atoms with Gasteiger partial charge in [-0.25, -0.2) is 12.8 Å². The summed E-state index contributed by atoms with van der Waals surface area (Å²) in [5.41, 5.74) is 5.52. The molecule has 18 heavy (non-hydrogen) atoms. The van der Waals surface area contributed by atoms with E-state index < -0.39 is 15.8 Å². The Bertz CT molecular complexity index is 510. The van der Waals surface area contributed by atoms with Crippen LogP contribution in [0.15, 0.2) is 29.2 Å². The first-order valence-corrected chi connectivity index (χ1v) is 6.94. The van der Waals surface area contributed by atoms with Crippen molar-refractivity contribution in [3.63, 3.8) is 0 Å². The molecule has 1 unspecified atom stereocenters. The molecule has 0 aromatic heterocycles. The zero-order valence-electron chi connectivity index (χ0n) is 9.75. The van der Waals surface area contributed by atoms with Gasteiger partial charge in [-0.1, -0.05) is 6.07 Å².